The van der Waals surface area contributed by atoms with E-state index in [1.54, 1.807) is 0 Å². The molecule has 1 aromatic rings. The fourth-order valence-corrected chi connectivity index (χ4v) is 2.84. The van der Waals surface area contributed by atoms with E-state index >= 15 is 0 Å². The number of halogens is 1. The fraction of sp³-hybridized carbons (Fsp3) is 0.533. The van der Waals surface area contributed by atoms with Gasteiger partial charge in [0.2, 0.25) is 5.91 Å². The molecule has 1 aromatic carbocycles. The van der Waals surface area contributed by atoms with Crippen LogP contribution >= 0.6 is 22.6 Å². The van der Waals surface area contributed by atoms with Crippen molar-refractivity contribution in [3.05, 3.63) is 27.8 Å². The van der Waals surface area contributed by atoms with E-state index < -0.39 is 0 Å². The van der Waals surface area contributed by atoms with E-state index in [1.807, 2.05) is 36.1 Å². The number of ether oxygens (including phenoxy) is 1. The number of rotatable bonds is 4. The zero-order valence-corrected chi connectivity index (χ0v) is 13.9. The summed E-state index contributed by atoms with van der Waals surface area (Å²) in [6.45, 7) is 3.82. The predicted molar refractivity (Wildman–Crippen MR) is 87.6 cm³/mol. The van der Waals surface area contributed by atoms with Crippen LogP contribution in [0.4, 0.5) is 0 Å². The predicted octanol–water partition coefficient (Wildman–Crippen LogP) is 2.26. The maximum absolute atomic E-state index is 12.1. The van der Waals surface area contributed by atoms with Crippen molar-refractivity contribution in [1.82, 2.24) is 4.90 Å². The van der Waals surface area contributed by atoms with Gasteiger partial charge in [-0.2, -0.15) is 0 Å². The van der Waals surface area contributed by atoms with Crippen molar-refractivity contribution in [2.75, 3.05) is 19.6 Å². The Bertz CT molecular complexity index is 459. The molecule has 2 N–H and O–H groups in total. The van der Waals surface area contributed by atoms with Crippen molar-refractivity contribution in [3.8, 4) is 5.75 Å². The molecule has 5 heteroatoms. The van der Waals surface area contributed by atoms with Crippen molar-refractivity contribution in [2.45, 2.75) is 25.9 Å². The molecule has 1 saturated heterocycles. The van der Waals surface area contributed by atoms with Gasteiger partial charge in [-0.1, -0.05) is 19.1 Å². The smallest absolute Gasteiger partial charge is 0.226 e. The molecule has 1 heterocycles. The lowest BCUT2D eigenvalue weighted by Gasteiger charge is -2.33. The zero-order valence-electron chi connectivity index (χ0n) is 11.7. The third-order valence-electron chi connectivity index (χ3n) is 3.66. The Morgan fingerprint density at radius 2 is 2.10 bits per heavy atom. The highest BCUT2D eigenvalue weighted by Crippen LogP contribution is 2.24. The Balaban J connectivity index is 1.86. The number of carbonyl (C=O) groups is 1. The molecule has 1 unspecified atom stereocenters. The quantitative estimate of drug-likeness (QED) is 0.806. The van der Waals surface area contributed by atoms with Crippen LogP contribution in [0.15, 0.2) is 24.3 Å². The number of likely N-dealkylation sites (tertiary alicyclic amines) is 1. The van der Waals surface area contributed by atoms with Gasteiger partial charge in [0, 0.05) is 38.4 Å². The van der Waals surface area contributed by atoms with Gasteiger partial charge < -0.3 is 15.4 Å². The summed E-state index contributed by atoms with van der Waals surface area (Å²) < 4.78 is 7.16. The minimum Gasteiger partial charge on any atom is -0.489 e. The second kappa shape index (κ2) is 7.26. The zero-order chi connectivity index (χ0) is 14.5. The molecule has 0 radical (unpaired) electrons. The topological polar surface area (TPSA) is 55.6 Å². The molecule has 1 atom stereocenters. The Labute approximate surface area is 133 Å². The lowest BCUT2D eigenvalue weighted by molar-refractivity contribution is -0.136. The highest BCUT2D eigenvalue weighted by Gasteiger charge is 2.26. The summed E-state index contributed by atoms with van der Waals surface area (Å²) in [6, 6.07) is 8.02. The van der Waals surface area contributed by atoms with E-state index in [-0.39, 0.29) is 17.9 Å². The maximum atomic E-state index is 12.1. The summed E-state index contributed by atoms with van der Waals surface area (Å²) in [7, 11) is 0. The SMILES string of the molecule is CC(CN)C(=O)N1CCC(Oc2ccccc2I)CC1. The van der Waals surface area contributed by atoms with Crippen LogP contribution in [-0.4, -0.2) is 36.5 Å². The van der Waals surface area contributed by atoms with E-state index in [0.717, 1.165) is 35.3 Å². The minimum atomic E-state index is -0.0810. The van der Waals surface area contributed by atoms with Crippen molar-refractivity contribution in [3.63, 3.8) is 0 Å². The summed E-state index contributed by atoms with van der Waals surface area (Å²) in [6.07, 6.45) is 1.96. The first-order valence-corrected chi connectivity index (χ1v) is 8.09. The molecule has 0 aromatic heterocycles. The van der Waals surface area contributed by atoms with Crippen molar-refractivity contribution >= 4 is 28.5 Å². The monoisotopic (exact) mass is 388 g/mol. The number of benzene rings is 1. The largest absolute Gasteiger partial charge is 0.489 e. The summed E-state index contributed by atoms with van der Waals surface area (Å²) in [4.78, 5) is 14.0. The molecule has 1 fully saturated rings. The number of nitrogens with two attached hydrogens (primary N) is 1. The van der Waals surface area contributed by atoms with Crippen molar-refractivity contribution in [2.24, 2.45) is 11.7 Å². The molecule has 20 heavy (non-hydrogen) atoms. The lowest BCUT2D eigenvalue weighted by atomic mass is 10.0. The lowest BCUT2D eigenvalue weighted by Crippen LogP contribution is -2.45. The number of piperidine rings is 1. The standard InChI is InChI=1S/C15H21IN2O2/c1-11(10-17)15(19)18-8-6-12(7-9-18)20-14-5-3-2-4-13(14)16/h2-5,11-12H,6-10,17H2,1H3. The molecule has 0 spiro atoms. The molecule has 0 bridgehead atoms. The third kappa shape index (κ3) is 3.85. The molecule has 1 aliphatic rings. The molecule has 0 saturated carbocycles. The molecular formula is C15H21IN2O2. The Hall–Kier alpha value is -0.820. The van der Waals surface area contributed by atoms with Crippen LogP contribution in [0.2, 0.25) is 0 Å². The van der Waals surface area contributed by atoms with Crippen LogP contribution in [-0.2, 0) is 4.79 Å². The summed E-state index contributed by atoms with van der Waals surface area (Å²) in [5, 5.41) is 0. The number of carbonyl (C=O) groups excluding carboxylic acids is 1. The average Bonchev–Trinajstić information content (AvgIpc) is 2.49. The normalized spacial score (nSPS) is 17.9. The van der Waals surface area contributed by atoms with E-state index in [9.17, 15) is 4.79 Å². The second-order valence-corrected chi connectivity index (χ2v) is 6.37. The summed E-state index contributed by atoms with van der Waals surface area (Å²) in [5.74, 6) is 1.02. The van der Waals surface area contributed by atoms with Gasteiger partial charge >= 0.3 is 0 Å². The fourth-order valence-electron chi connectivity index (χ4n) is 2.33. The van der Waals surface area contributed by atoms with E-state index in [1.165, 1.54) is 0 Å². The molecular weight excluding hydrogens is 367 g/mol. The molecule has 1 aliphatic heterocycles. The summed E-state index contributed by atoms with van der Waals surface area (Å²) in [5.41, 5.74) is 5.55. The highest BCUT2D eigenvalue weighted by atomic mass is 127. The van der Waals surface area contributed by atoms with Gasteiger partial charge in [0.1, 0.15) is 11.9 Å². The summed E-state index contributed by atoms with van der Waals surface area (Å²) >= 11 is 2.28. The van der Waals surface area contributed by atoms with Crippen molar-refractivity contribution in [1.29, 1.82) is 0 Å². The van der Waals surface area contributed by atoms with Crippen LogP contribution in [0.25, 0.3) is 0 Å². The molecule has 110 valence electrons. The maximum Gasteiger partial charge on any atom is 0.226 e. The van der Waals surface area contributed by atoms with Crippen LogP contribution in [0, 0.1) is 9.49 Å². The van der Waals surface area contributed by atoms with Crippen LogP contribution < -0.4 is 10.5 Å². The van der Waals surface area contributed by atoms with Gasteiger partial charge in [0.15, 0.2) is 0 Å². The van der Waals surface area contributed by atoms with Gasteiger partial charge in [-0.25, -0.2) is 0 Å². The average molecular weight is 388 g/mol. The Morgan fingerprint density at radius 3 is 2.70 bits per heavy atom. The molecule has 2 rings (SSSR count). The van der Waals surface area contributed by atoms with Crippen molar-refractivity contribution < 1.29 is 9.53 Å². The second-order valence-electron chi connectivity index (χ2n) is 5.21. The number of amides is 1. The van der Waals surface area contributed by atoms with Gasteiger partial charge in [-0.05, 0) is 34.7 Å². The highest BCUT2D eigenvalue weighted by molar-refractivity contribution is 14.1. The first kappa shape index (κ1) is 15.6. The number of hydrogen-bond acceptors (Lipinski definition) is 3. The first-order chi connectivity index (χ1) is 9.61. The molecule has 4 nitrogen and oxygen atoms in total. The minimum absolute atomic E-state index is 0.0810. The molecule has 0 aliphatic carbocycles. The van der Waals surface area contributed by atoms with Crippen LogP contribution in [0.3, 0.4) is 0 Å². The molecule has 1 amide bonds. The van der Waals surface area contributed by atoms with E-state index in [4.69, 9.17) is 10.5 Å². The van der Waals surface area contributed by atoms with E-state index in [0.29, 0.717) is 6.54 Å². The van der Waals surface area contributed by atoms with Gasteiger partial charge in [-0.3, -0.25) is 4.79 Å². The van der Waals surface area contributed by atoms with Crippen LogP contribution in [0.5, 0.6) is 5.75 Å². The number of para-hydroxylation sites is 1. The Kier molecular flexibility index (Phi) is 5.65. The number of hydrogen-bond donors (Lipinski definition) is 1. The Morgan fingerprint density at radius 1 is 1.45 bits per heavy atom. The van der Waals surface area contributed by atoms with Gasteiger partial charge in [-0.15, -0.1) is 0 Å². The van der Waals surface area contributed by atoms with E-state index in [2.05, 4.69) is 22.6 Å². The number of nitrogens with zero attached hydrogens (tertiary/aromatic N) is 1. The van der Waals surface area contributed by atoms with Gasteiger partial charge in [0.05, 0.1) is 3.57 Å². The first-order valence-electron chi connectivity index (χ1n) is 7.02. The third-order valence-corrected chi connectivity index (χ3v) is 4.55. The van der Waals surface area contributed by atoms with Crippen LogP contribution in [0.1, 0.15) is 19.8 Å². The van der Waals surface area contributed by atoms with Gasteiger partial charge in [0.25, 0.3) is 0 Å².